The van der Waals surface area contributed by atoms with Crippen molar-refractivity contribution in [1.82, 2.24) is 4.98 Å². The molecule has 0 fully saturated rings. The zero-order chi connectivity index (χ0) is 13.8. The van der Waals surface area contributed by atoms with Crippen molar-refractivity contribution in [2.24, 2.45) is 0 Å². The number of methoxy groups -OCH3 is 1. The van der Waals surface area contributed by atoms with Crippen molar-refractivity contribution >= 4 is 22.8 Å². The second-order valence-electron chi connectivity index (χ2n) is 5.35. The molecule has 0 spiro atoms. The lowest BCUT2D eigenvalue weighted by Crippen LogP contribution is -2.20. The van der Waals surface area contributed by atoms with Gasteiger partial charge in [0.15, 0.2) is 11.4 Å². The summed E-state index contributed by atoms with van der Waals surface area (Å²) in [6, 6.07) is 0. The van der Waals surface area contributed by atoms with E-state index in [0.29, 0.717) is 0 Å². The average Bonchev–Trinajstić information content (AvgIpc) is 2.73. The predicted molar refractivity (Wildman–Crippen MR) is 76.0 cm³/mol. The first-order valence-electron chi connectivity index (χ1n) is 6.06. The molecular weight excluding hydrogens is 248 g/mol. The molecule has 0 bridgehead atoms. The van der Waals surface area contributed by atoms with Crippen LogP contribution >= 0.6 is 11.3 Å². The Morgan fingerprint density at radius 2 is 2.11 bits per heavy atom. The smallest absolute Gasteiger partial charge is 0.185 e. The molecular formula is C13H22N2O2S. The predicted octanol–water partition coefficient (Wildman–Crippen LogP) is 2.73. The van der Waals surface area contributed by atoms with Crippen LogP contribution in [0.25, 0.3) is 0 Å². The van der Waals surface area contributed by atoms with Crippen molar-refractivity contribution in [3.05, 3.63) is 10.6 Å². The monoisotopic (exact) mass is 270 g/mol. The maximum atomic E-state index is 11.1. The number of carbonyl (C=O) groups excluding carboxylic acids is 1. The fraction of sp³-hybridized carbons (Fsp3) is 0.692. The third-order valence-corrected chi connectivity index (χ3v) is 3.72. The summed E-state index contributed by atoms with van der Waals surface area (Å²) in [4.78, 5) is 18.5. The normalized spacial score (nSPS) is 11.6. The van der Waals surface area contributed by atoms with Gasteiger partial charge in [-0.25, -0.2) is 4.98 Å². The van der Waals surface area contributed by atoms with Gasteiger partial charge in [-0.2, -0.15) is 0 Å². The Hall–Kier alpha value is -0.940. The Morgan fingerprint density at radius 3 is 2.56 bits per heavy atom. The third-order valence-electron chi connectivity index (χ3n) is 2.63. The number of hydrogen-bond acceptors (Lipinski definition) is 5. The zero-order valence-corrected chi connectivity index (χ0v) is 12.6. The van der Waals surface area contributed by atoms with Crippen LogP contribution in [0.3, 0.4) is 0 Å². The first kappa shape index (κ1) is 15.1. The highest BCUT2D eigenvalue weighted by Gasteiger charge is 2.23. The Morgan fingerprint density at radius 1 is 1.44 bits per heavy atom. The van der Waals surface area contributed by atoms with Crippen LogP contribution in [-0.4, -0.2) is 38.6 Å². The highest BCUT2D eigenvalue weighted by atomic mass is 32.1. The van der Waals surface area contributed by atoms with Gasteiger partial charge in [-0.05, 0) is 6.42 Å². The van der Waals surface area contributed by atoms with Gasteiger partial charge in [0.2, 0.25) is 0 Å². The lowest BCUT2D eigenvalue weighted by molar-refractivity contribution is 0.112. The quantitative estimate of drug-likeness (QED) is 0.589. The second kappa shape index (κ2) is 6.29. The van der Waals surface area contributed by atoms with Gasteiger partial charge in [0.05, 0.1) is 10.6 Å². The van der Waals surface area contributed by atoms with E-state index in [4.69, 9.17) is 4.74 Å². The van der Waals surface area contributed by atoms with Gasteiger partial charge in [0.25, 0.3) is 0 Å². The van der Waals surface area contributed by atoms with Gasteiger partial charge in [-0.15, -0.1) is 0 Å². The van der Waals surface area contributed by atoms with Crippen LogP contribution in [0.15, 0.2) is 0 Å². The van der Waals surface area contributed by atoms with Gasteiger partial charge in [0, 0.05) is 32.7 Å². The summed E-state index contributed by atoms with van der Waals surface area (Å²) >= 11 is 1.46. The van der Waals surface area contributed by atoms with Crippen LogP contribution in [0.4, 0.5) is 5.13 Å². The minimum absolute atomic E-state index is 0.0988. The number of anilines is 1. The second-order valence-corrected chi connectivity index (χ2v) is 6.35. The highest BCUT2D eigenvalue weighted by molar-refractivity contribution is 7.17. The topological polar surface area (TPSA) is 42.4 Å². The summed E-state index contributed by atoms with van der Waals surface area (Å²) in [7, 11) is 3.70. The number of thiazole rings is 1. The Kier molecular flexibility index (Phi) is 5.28. The Labute approximate surface area is 113 Å². The standard InChI is InChI=1S/C13H22N2O2S/c1-13(2,3)11-10(9-16)18-12(14-11)15(4)7-6-8-17-5/h9H,6-8H2,1-5H3. The number of nitrogens with zero attached hydrogens (tertiary/aromatic N) is 2. The van der Waals surface area contributed by atoms with Crippen molar-refractivity contribution in [2.45, 2.75) is 32.6 Å². The molecule has 18 heavy (non-hydrogen) atoms. The molecule has 0 unspecified atom stereocenters. The molecule has 0 saturated carbocycles. The number of aromatic nitrogens is 1. The van der Waals surface area contributed by atoms with Crippen LogP contribution in [0.1, 0.15) is 42.6 Å². The number of carbonyl (C=O) groups is 1. The van der Waals surface area contributed by atoms with Crippen molar-refractivity contribution in [2.75, 3.05) is 32.2 Å². The first-order valence-corrected chi connectivity index (χ1v) is 6.88. The van der Waals surface area contributed by atoms with Gasteiger partial charge in [0.1, 0.15) is 0 Å². The molecule has 1 aromatic rings. The summed E-state index contributed by atoms with van der Waals surface area (Å²) in [6.07, 6.45) is 1.86. The van der Waals surface area contributed by atoms with Gasteiger partial charge >= 0.3 is 0 Å². The van der Waals surface area contributed by atoms with Gasteiger partial charge < -0.3 is 9.64 Å². The molecule has 0 aliphatic rings. The molecule has 5 heteroatoms. The van der Waals surface area contributed by atoms with E-state index in [0.717, 1.165) is 41.6 Å². The van der Waals surface area contributed by atoms with Gasteiger partial charge in [-0.3, -0.25) is 4.79 Å². The molecule has 0 amide bonds. The van der Waals surface area contributed by atoms with Gasteiger partial charge in [-0.1, -0.05) is 32.1 Å². The number of aldehydes is 1. The molecule has 0 saturated heterocycles. The molecule has 0 aromatic carbocycles. The van der Waals surface area contributed by atoms with E-state index in [1.165, 1.54) is 11.3 Å². The summed E-state index contributed by atoms with van der Waals surface area (Å²) < 4.78 is 5.03. The highest BCUT2D eigenvalue weighted by Crippen LogP contribution is 2.32. The molecule has 1 heterocycles. The molecule has 0 atom stereocenters. The van der Waals surface area contributed by atoms with E-state index >= 15 is 0 Å². The molecule has 102 valence electrons. The fourth-order valence-electron chi connectivity index (χ4n) is 1.64. The minimum atomic E-state index is -0.0988. The summed E-state index contributed by atoms with van der Waals surface area (Å²) in [5.41, 5.74) is 0.786. The van der Waals surface area contributed by atoms with E-state index in [2.05, 4.69) is 30.7 Å². The Balaban J connectivity index is 2.84. The van der Waals surface area contributed by atoms with E-state index in [9.17, 15) is 4.79 Å². The van der Waals surface area contributed by atoms with Crippen LogP contribution < -0.4 is 4.90 Å². The molecule has 0 aliphatic heterocycles. The molecule has 1 aromatic heterocycles. The van der Waals surface area contributed by atoms with Crippen molar-refractivity contribution in [3.63, 3.8) is 0 Å². The van der Waals surface area contributed by atoms with Crippen LogP contribution in [0, 0.1) is 0 Å². The molecule has 4 nitrogen and oxygen atoms in total. The van der Waals surface area contributed by atoms with Crippen LogP contribution in [-0.2, 0) is 10.2 Å². The molecule has 0 radical (unpaired) electrons. The summed E-state index contributed by atoms with van der Waals surface area (Å²) in [5, 5.41) is 0.901. The van der Waals surface area contributed by atoms with E-state index < -0.39 is 0 Å². The van der Waals surface area contributed by atoms with Crippen LogP contribution in [0.5, 0.6) is 0 Å². The third kappa shape index (κ3) is 3.78. The maximum absolute atomic E-state index is 11.1. The number of ether oxygens (including phenoxy) is 1. The SMILES string of the molecule is COCCCN(C)c1nc(C(C)(C)C)c(C=O)s1. The summed E-state index contributed by atoms with van der Waals surface area (Å²) in [6.45, 7) is 7.84. The zero-order valence-electron chi connectivity index (χ0n) is 11.8. The maximum Gasteiger partial charge on any atom is 0.185 e. The Bertz CT molecular complexity index is 396. The average molecular weight is 270 g/mol. The number of rotatable bonds is 6. The minimum Gasteiger partial charge on any atom is -0.385 e. The van der Waals surface area contributed by atoms with Crippen LogP contribution in [0.2, 0.25) is 0 Å². The molecule has 0 aliphatic carbocycles. The lowest BCUT2D eigenvalue weighted by atomic mass is 9.91. The largest absolute Gasteiger partial charge is 0.385 e. The van der Waals surface area contributed by atoms with Crippen molar-refractivity contribution < 1.29 is 9.53 Å². The van der Waals surface area contributed by atoms with E-state index in [-0.39, 0.29) is 5.41 Å². The number of hydrogen-bond donors (Lipinski definition) is 0. The van der Waals surface area contributed by atoms with Crippen molar-refractivity contribution in [1.29, 1.82) is 0 Å². The van der Waals surface area contributed by atoms with E-state index in [1.807, 2.05) is 7.05 Å². The fourth-order valence-corrected chi connectivity index (χ4v) is 2.72. The molecule has 0 N–H and O–H groups in total. The first-order chi connectivity index (χ1) is 8.40. The van der Waals surface area contributed by atoms with E-state index in [1.54, 1.807) is 7.11 Å². The summed E-state index contributed by atoms with van der Waals surface area (Å²) in [5.74, 6) is 0. The van der Waals surface area contributed by atoms with Crippen molar-refractivity contribution in [3.8, 4) is 0 Å². The molecule has 1 rings (SSSR count). The lowest BCUT2D eigenvalue weighted by Gasteiger charge is -2.17.